The van der Waals surface area contributed by atoms with Gasteiger partial charge in [0.25, 0.3) is 5.91 Å². The molecule has 5 rings (SSSR count). The monoisotopic (exact) mass is 399 g/mol. The first-order valence-corrected chi connectivity index (χ1v) is 11.3. The van der Waals surface area contributed by atoms with E-state index in [9.17, 15) is 4.79 Å². The molecule has 2 bridgehead atoms. The van der Waals surface area contributed by atoms with E-state index in [1.807, 2.05) is 0 Å². The van der Waals surface area contributed by atoms with E-state index in [2.05, 4.69) is 46.2 Å². The number of fused-ring (bicyclic) bond motifs is 4. The molecule has 3 saturated heterocycles. The first kappa shape index (κ1) is 19.3. The van der Waals surface area contributed by atoms with Crippen LogP contribution in [0.1, 0.15) is 47.2 Å². The van der Waals surface area contributed by atoms with Gasteiger partial charge in [-0.15, -0.1) is 0 Å². The van der Waals surface area contributed by atoms with Gasteiger partial charge in [-0.25, -0.2) is 0 Å². The lowest BCUT2D eigenvalue weighted by molar-refractivity contribution is -0.0498. The first-order chi connectivity index (χ1) is 14.7. The van der Waals surface area contributed by atoms with Gasteiger partial charge in [0.05, 0.1) is 11.6 Å². The van der Waals surface area contributed by atoms with Crippen molar-refractivity contribution in [3.8, 4) is 6.07 Å². The lowest BCUT2D eigenvalue weighted by atomic mass is 9.74. The van der Waals surface area contributed by atoms with Crippen molar-refractivity contribution in [1.29, 1.82) is 5.26 Å². The number of piperidine rings is 3. The maximum absolute atomic E-state index is 13.1. The minimum atomic E-state index is 0.124. The molecule has 3 aliphatic heterocycles. The molecule has 4 atom stereocenters. The minimum absolute atomic E-state index is 0.124. The number of hydrogen-bond donors (Lipinski definition) is 0. The highest BCUT2D eigenvalue weighted by Gasteiger charge is 2.45. The third kappa shape index (κ3) is 3.75. The molecule has 3 heterocycles. The highest BCUT2D eigenvalue weighted by molar-refractivity contribution is 5.94. The zero-order chi connectivity index (χ0) is 20.5. The molecule has 0 radical (unpaired) electrons. The number of nitriles is 1. The number of likely N-dealkylation sites (tertiary alicyclic amines) is 1. The maximum Gasteiger partial charge on any atom is 0.253 e. The SMILES string of the molecule is N#Cc1ccc(C(=O)N2C[C@@H]3C[C@H](C2)[C@@H]2CCC[C@H](Cc4ccccc4)N2C3)cc1. The predicted molar refractivity (Wildman–Crippen MR) is 117 cm³/mol. The second-order valence-electron chi connectivity index (χ2n) is 9.30. The van der Waals surface area contributed by atoms with Gasteiger partial charge in [0.15, 0.2) is 0 Å². The molecule has 3 aliphatic rings. The standard InChI is InChI=1S/C26H29N3O/c27-15-20-9-11-22(12-10-20)26(30)28-16-21-13-23(18-28)25-8-4-7-24(29(25)17-21)14-19-5-2-1-3-6-19/h1-3,5-6,9-12,21,23-25H,4,7-8,13-14,16-18H2/t21-,23+,24+,25-/m0/s1. The van der Waals surface area contributed by atoms with Crippen LogP contribution in [0.3, 0.4) is 0 Å². The van der Waals surface area contributed by atoms with Gasteiger partial charge in [0.2, 0.25) is 0 Å². The molecular formula is C26H29N3O. The van der Waals surface area contributed by atoms with Crippen LogP contribution in [0.2, 0.25) is 0 Å². The Morgan fingerprint density at radius 3 is 2.57 bits per heavy atom. The number of amides is 1. The second kappa shape index (κ2) is 8.24. The van der Waals surface area contributed by atoms with E-state index in [0.717, 1.165) is 26.1 Å². The van der Waals surface area contributed by atoms with Gasteiger partial charge in [0, 0.05) is 37.3 Å². The molecule has 2 aromatic rings. The van der Waals surface area contributed by atoms with Crippen molar-refractivity contribution in [3.63, 3.8) is 0 Å². The van der Waals surface area contributed by atoms with Crippen molar-refractivity contribution in [2.75, 3.05) is 19.6 Å². The van der Waals surface area contributed by atoms with E-state index in [1.165, 1.54) is 31.2 Å². The van der Waals surface area contributed by atoms with E-state index < -0.39 is 0 Å². The van der Waals surface area contributed by atoms with E-state index in [0.29, 0.717) is 35.0 Å². The highest BCUT2D eigenvalue weighted by Crippen LogP contribution is 2.40. The summed E-state index contributed by atoms with van der Waals surface area (Å²) in [6.07, 6.45) is 6.25. The van der Waals surface area contributed by atoms with Gasteiger partial charge in [-0.05, 0) is 67.3 Å². The van der Waals surface area contributed by atoms with Crippen LogP contribution in [-0.2, 0) is 6.42 Å². The van der Waals surface area contributed by atoms with Crippen molar-refractivity contribution < 1.29 is 4.79 Å². The Morgan fingerprint density at radius 1 is 1.00 bits per heavy atom. The van der Waals surface area contributed by atoms with Crippen LogP contribution < -0.4 is 0 Å². The molecule has 0 N–H and O–H groups in total. The van der Waals surface area contributed by atoms with Crippen molar-refractivity contribution in [3.05, 3.63) is 71.3 Å². The van der Waals surface area contributed by atoms with Crippen LogP contribution in [0, 0.1) is 23.2 Å². The smallest absolute Gasteiger partial charge is 0.253 e. The van der Waals surface area contributed by atoms with Gasteiger partial charge in [-0.1, -0.05) is 36.8 Å². The topological polar surface area (TPSA) is 47.3 Å². The van der Waals surface area contributed by atoms with E-state index in [4.69, 9.17) is 5.26 Å². The van der Waals surface area contributed by atoms with E-state index in [-0.39, 0.29) is 5.91 Å². The second-order valence-corrected chi connectivity index (χ2v) is 9.30. The molecule has 4 heteroatoms. The Labute approximate surface area is 179 Å². The fraction of sp³-hybridized carbons (Fsp3) is 0.462. The quantitative estimate of drug-likeness (QED) is 0.780. The summed E-state index contributed by atoms with van der Waals surface area (Å²) in [5, 5.41) is 9.00. The first-order valence-electron chi connectivity index (χ1n) is 11.3. The zero-order valence-corrected chi connectivity index (χ0v) is 17.4. The van der Waals surface area contributed by atoms with E-state index >= 15 is 0 Å². The van der Waals surface area contributed by atoms with Crippen LogP contribution in [0.4, 0.5) is 0 Å². The van der Waals surface area contributed by atoms with Crippen LogP contribution in [0.5, 0.6) is 0 Å². The fourth-order valence-corrected chi connectivity index (χ4v) is 6.05. The summed E-state index contributed by atoms with van der Waals surface area (Å²) in [5.74, 6) is 1.27. The third-order valence-corrected chi connectivity index (χ3v) is 7.38. The Balaban J connectivity index is 1.30. The van der Waals surface area contributed by atoms with Crippen LogP contribution >= 0.6 is 0 Å². The Hall–Kier alpha value is -2.64. The molecule has 0 saturated carbocycles. The number of carbonyl (C=O) groups is 1. The van der Waals surface area contributed by atoms with Crippen LogP contribution in [0.15, 0.2) is 54.6 Å². The van der Waals surface area contributed by atoms with Crippen molar-refractivity contribution in [2.24, 2.45) is 11.8 Å². The molecule has 154 valence electrons. The molecule has 0 aromatic heterocycles. The molecule has 3 fully saturated rings. The number of rotatable bonds is 3. The summed E-state index contributed by atoms with van der Waals surface area (Å²) < 4.78 is 0. The largest absolute Gasteiger partial charge is 0.338 e. The Kier molecular flexibility index (Phi) is 5.31. The van der Waals surface area contributed by atoms with Crippen LogP contribution in [0.25, 0.3) is 0 Å². The number of benzene rings is 2. The molecule has 30 heavy (non-hydrogen) atoms. The summed E-state index contributed by atoms with van der Waals surface area (Å²) in [4.78, 5) is 18.0. The molecular weight excluding hydrogens is 370 g/mol. The molecule has 1 amide bonds. The summed E-state index contributed by atoms with van der Waals surface area (Å²) >= 11 is 0. The fourth-order valence-electron chi connectivity index (χ4n) is 6.05. The summed E-state index contributed by atoms with van der Waals surface area (Å²) in [7, 11) is 0. The summed E-state index contributed by atoms with van der Waals surface area (Å²) in [5.41, 5.74) is 2.75. The molecule has 4 nitrogen and oxygen atoms in total. The van der Waals surface area contributed by atoms with E-state index in [1.54, 1.807) is 24.3 Å². The average molecular weight is 400 g/mol. The number of hydrogen-bond acceptors (Lipinski definition) is 3. The minimum Gasteiger partial charge on any atom is -0.338 e. The lowest BCUT2D eigenvalue weighted by Gasteiger charge is -2.55. The van der Waals surface area contributed by atoms with Gasteiger partial charge in [-0.2, -0.15) is 5.26 Å². The van der Waals surface area contributed by atoms with Gasteiger partial charge in [0.1, 0.15) is 0 Å². The third-order valence-electron chi connectivity index (χ3n) is 7.38. The lowest BCUT2D eigenvalue weighted by Crippen LogP contribution is -2.62. The van der Waals surface area contributed by atoms with Crippen molar-refractivity contribution in [1.82, 2.24) is 9.80 Å². The number of carbonyl (C=O) groups excluding carboxylic acids is 1. The van der Waals surface area contributed by atoms with Gasteiger partial charge >= 0.3 is 0 Å². The highest BCUT2D eigenvalue weighted by atomic mass is 16.2. The molecule has 2 aromatic carbocycles. The Morgan fingerprint density at radius 2 is 1.80 bits per heavy atom. The zero-order valence-electron chi connectivity index (χ0n) is 17.4. The normalized spacial score (nSPS) is 28.4. The molecule has 0 unspecified atom stereocenters. The Bertz CT molecular complexity index is 933. The molecule has 0 aliphatic carbocycles. The molecule has 0 spiro atoms. The average Bonchev–Trinajstić information content (AvgIpc) is 2.80. The van der Waals surface area contributed by atoms with Crippen molar-refractivity contribution >= 4 is 5.91 Å². The van der Waals surface area contributed by atoms with Gasteiger partial charge in [-0.3, -0.25) is 9.69 Å². The number of nitrogens with zero attached hydrogens (tertiary/aromatic N) is 3. The summed E-state index contributed by atoms with van der Waals surface area (Å²) in [6.45, 7) is 2.85. The predicted octanol–water partition coefficient (Wildman–Crippen LogP) is 4.12. The summed E-state index contributed by atoms with van der Waals surface area (Å²) in [6, 6.07) is 21.4. The van der Waals surface area contributed by atoms with Crippen molar-refractivity contribution in [2.45, 2.75) is 44.2 Å². The maximum atomic E-state index is 13.1. The van der Waals surface area contributed by atoms with Crippen LogP contribution in [-0.4, -0.2) is 47.4 Å². The van der Waals surface area contributed by atoms with Gasteiger partial charge < -0.3 is 4.90 Å².